The summed E-state index contributed by atoms with van der Waals surface area (Å²) in [6, 6.07) is 24.7. The van der Waals surface area contributed by atoms with Crippen molar-refractivity contribution in [3.05, 3.63) is 90.0 Å². The number of amidine groups is 1. The molecule has 0 spiro atoms. The molecule has 3 aromatic rings. The van der Waals surface area contributed by atoms with Gasteiger partial charge < -0.3 is 11.1 Å². The van der Waals surface area contributed by atoms with Crippen molar-refractivity contribution in [2.24, 2.45) is 5.73 Å². The van der Waals surface area contributed by atoms with Crippen molar-refractivity contribution in [2.45, 2.75) is 6.42 Å². The monoisotopic (exact) mass is 329 g/mol. The van der Waals surface area contributed by atoms with E-state index >= 15 is 0 Å². The smallest absolute Gasteiger partial charge is 0.228 e. The van der Waals surface area contributed by atoms with Gasteiger partial charge in [-0.15, -0.1) is 0 Å². The lowest BCUT2D eigenvalue weighted by atomic mass is 10.0. The summed E-state index contributed by atoms with van der Waals surface area (Å²) >= 11 is 0. The Labute approximate surface area is 146 Å². The largest absolute Gasteiger partial charge is 0.384 e. The van der Waals surface area contributed by atoms with E-state index in [4.69, 9.17) is 11.1 Å². The maximum absolute atomic E-state index is 12.4. The first-order valence-electron chi connectivity index (χ1n) is 8.01. The predicted molar refractivity (Wildman–Crippen MR) is 102 cm³/mol. The third-order valence-corrected chi connectivity index (χ3v) is 3.89. The van der Waals surface area contributed by atoms with E-state index in [1.54, 1.807) is 6.07 Å². The maximum Gasteiger partial charge on any atom is 0.228 e. The number of para-hydroxylation sites is 1. The van der Waals surface area contributed by atoms with Crippen LogP contribution in [-0.2, 0) is 11.2 Å². The van der Waals surface area contributed by atoms with E-state index in [1.807, 2.05) is 72.8 Å². The minimum Gasteiger partial charge on any atom is -0.384 e. The minimum absolute atomic E-state index is 0.0208. The second-order valence-corrected chi connectivity index (χ2v) is 5.75. The molecule has 1 amide bonds. The van der Waals surface area contributed by atoms with Crippen molar-refractivity contribution in [1.29, 1.82) is 5.41 Å². The van der Waals surface area contributed by atoms with Crippen LogP contribution in [0.3, 0.4) is 0 Å². The van der Waals surface area contributed by atoms with Crippen LogP contribution < -0.4 is 11.1 Å². The molecule has 0 heterocycles. The summed E-state index contributed by atoms with van der Waals surface area (Å²) in [5.41, 5.74) is 9.74. The highest BCUT2D eigenvalue weighted by Crippen LogP contribution is 2.28. The molecule has 0 aliphatic carbocycles. The molecule has 0 aromatic heterocycles. The summed E-state index contributed by atoms with van der Waals surface area (Å²) in [5.74, 6) is -0.0474. The first-order chi connectivity index (χ1) is 12.1. The van der Waals surface area contributed by atoms with Crippen LogP contribution in [0, 0.1) is 5.41 Å². The molecular weight excluding hydrogens is 310 g/mol. The quantitative estimate of drug-likeness (QED) is 0.491. The Morgan fingerprint density at radius 2 is 1.64 bits per heavy atom. The number of nitrogens with one attached hydrogen (secondary N) is 2. The molecule has 0 saturated heterocycles. The van der Waals surface area contributed by atoms with Crippen LogP contribution >= 0.6 is 0 Å². The summed E-state index contributed by atoms with van der Waals surface area (Å²) in [4.78, 5) is 12.4. The number of hydrogen-bond acceptors (Lipinski definition) is 2. The molecule has 4 nitrogen and oxygen atoms in total. The first-order valence-corrected chi connectivity index (χ1v) is 8.01. The zero-order valence-corrected chi connectivity index (χ0v) is 13.7. The van der Waals surface area contributed by atoms with Gasteiger partial charge in [-0.25, -0.2) is 0 Å². The van der Waals surface area contributed by atoms with Crippen molar-refractivity contribution in [1.82, 2.24) is 0 Å². The van der Waals surface area contributed by atoms with Gasteiger partial charge in [0.15, 0.2) is 0 Å². The highest BCUT2D eigenvalue weighted by molar-refractivity contribution is 5.99. The molecule has 0 saturated carbocycles. The fraction of sp³-hybridized carbons (Fsp3) is 0.0476. The number of amides is 1. The SMILES string of the molecule is N=C(N)c1cccc(-c2ccccc2NC(=O)Cc2ccccc2)c1. The Morgan fingerprint density at radius 3 is 2.40 bits per heavy atom. The molecule has 3 aromatic carbocycles. The molecule has 0 aliphatic heterocycles. The Morgan fingerprint density at radius 1 is 0.920 bits per heavy atom. The zero-order chi connectivity index (χ0) is 17.6. The lowest BCUT2D eigenvalue weighted by molar-refractivity contribution is -0.115. The third-order valence-electron chi connectivity index (χ3n) is 3.89. The first kappa shape index (κ1) is 16.5. The van der Waals surface area contributed by atoms with Crippen molar-refractivity contribution >= 4 is 17.4 Å². The molecule has 0 aliphatic rings. The van der Waals surface area contributed by atoms with Crippen LogP contribution in [0.25, 0.3) is 11.1 Å². The van der Waals surface area contributed by atoms with Crippen LogP contribution in [0.4, 0.5) is 5.69 Å². The van der Waals surface area contributed by atoms with Gasteiger partial charge in [0, 0.05) is 16.8 Å². The molecule has 25 heavy (non-hydrogen) atoms. The van der Waals surface area contributed by atoms with Gasteiger partial charge in [0.05, 0.1) is 6.42 Å². The van der Waals surface area contributed by atoms with E-state index < -0.39 is 0 Å². The fourth-order valence-electron chi connectivity index (χ4n) is 2.67. The molecule has 0 fully saturated rings. The Balaban J connectivity index is 1.85. The number of carbonyl (C=O) groups excluding carboxylic acids is 1. The average molecular weight is 329 g/mol. The molecular formula is C21H19N3O. The lowest BCUT2D eigenvalue weighted by Crippen LogP contribution is -2.15. The van der Waals surface area contributed by atoms with Crippen LogP contribution in [0.5, 0.6) is 0 Å². The van der Waals surface area contributed by atoms with Crippen LogP contribution in [0.1, 0.15) is 11.1 Å². The number of nitrogens with two attached hydrogens (primary N) is 1. The van der Waals surface area contributed by atoms with Gasteiger partial charge >= 0.3 is 0 Å². The van der Waals surface area contributed by atoms with Crippen molar-refractivity contribution in [2.75, 3.05) is 5.32 Å². The van der Waals surface area contributed by atoms with Crippen LogP contribution in [0.2, 0.25) is 0 Å². The summed E-state index contributed by atoms with van der Waals surface area (Å²) in [6.45, 7) is 0. The molecule has 0 unspecified atom stereocenters. The zero-order valence-electron chi connectivity index (χ0n) is 13.7. The lowest BCUT2D eigenvalue weighted by Gasteiger charge is -2.12. The van der Waals surface area contributed by atoms with Gasteiger partial charge in [-0.05, 0) is 23.3 Å². The average Bonchev–Trinajstić information content (AvgIpc) is 2.63. The molecule has 3 rings (SSSR count). The van der Waals surface area contributed by atoms with E-state index in [2.05, 4.69) is 5.32 Å². The highest BCUT2D eigenvalue weighted by atomic mass is 16.1. The molecule has 0 bridgehead atoms. The Hall–Kier alpha value is -3.40. The molecule has 0 atom stereocenters. The predicted octanol–water partition coefficient (Wildman–Crippen LogP) is 3.82. The molecule has 124 valence electrons. The van der Waals surface area contributed by atoms with Gasteiger partial charge in [0.1, 0.15) is 5.84 Å². The van der Waals surface area contributed by atoms with E-state index in [0.29, 0.717) is 12.0 Å². The van der Waals surface area contributed by atoms with Gasteiger partial charge in [-0.3, -0.25) is 10.2 Å². The van der Waals surface area contributed by atoms with Gasteiger partial charge in [-0.2, -0.15) is 0 Å². The van der Waals surface area contributed by atoms with Crippen LogP contribution in [0.15, 0.2) is 78.9 Å². The van der Waals surface area contributed by atoms with E-state index in [9.17, 15) is 4.79 Å². The second-order valence-electron chi connectivity index (χ2n) is 5.75. The van der Waals surface area contributed by atoms with E-state index in [0.717, 1.165) is 22.4 Å². The number of nitrogen functional groups attached to an aromatic ring is 1. The Bertz CT molecular complexity index is 904. The highest BCUT2D eigenvalue weighted by Gasteiger charge is 2.10. The summed E-state index contributed by atoms with van der Waals surface area (Å²) in [6.07, 6.45) is 0.322. The topological polar surface area (TPSA) is 79.0 Å². The van der Waals surface area contributed by atoms with Crippen molar-refractivity contribution < 1.29 is 4.79 Å². The summed E-state index contributed by atoms with van der Waals surface area (Å²) < 4.78 is 0. The standard InChI is InChI=1S/C21H19N3O/c22-21(23)17-10-6-9-16(14-17)18-11-4-5-12-19(18)24-20(25)13-15-7-2-1-3-8-15/h1-12,14H,13H2,(H3,22,23)(H,24,25). The number of rotatable bonds is 5. The Kier molecular flexibility index (Phi) is 4.90. The number of hydrogen-bond donors (Lipinski definition) is 3. The number of benzene rings is 3. The fourth-order valence-corrected chi connectivity index (χ4v) is 2.67. The number of anilines is 1. The van der Waals surface area contributed by atoms with Crippen molar-refractivity contribution in [3.8, 4) is 11.1 Å². The number of carbonyl (C=O) groups is 1. The van der Waals surface area contributed by atoms with Gasteiger partial charge in [0.25, 0.3) is 0 Å². The van der Waals surface area contributed by atoms with Gasteiger partial charge in [0.2, 0.25) is 5.91 Å². The molecule has 4 heteroatoms. The summed E-state index contributed by atoms with van der Waals surface area (Å²) in [7, 11) is 0. The van der Waals surface area contributed by atoms with E-state index in [1.165, 1.54) is 0 Å². The second kappa shape index (κ2) is 7.45. The minimum atomic E-state index is -0.0682. The van der Waals surface area contributed by atoms with Crippen LogP contribution in [-0.4, -0.2) is 11.7 Å². The maximum atomic E-state index is 12.4. The van der Waals surface area contributed by atoms with E-state index in [-0.39, 0.29) is 11.7 Å². The third kappa shape index (κ3) is 4.12. The van der Waals surface area contributed by atoms with Gasteiger partial charge in [-0.1, -0.05) is 66.7 Å². The normalized spacial score (nSPS) is 10.2. The summed E-state index contributed by atoms with van der Waals surface area (Å²) in [5, 5.41) is 10.6. The molecule has 4 N–H and O–H groups in total. The van der Waals surface area contributed by atoms with Crippen molar-refractivity contribution in [3.63, 3.8) is 0 Å². The molecule has 0 radical (unpaired) electrons.